The first-order valence-electron chi connectivity index (χ1n) is 7.74. The van der Waals surface area contributed by atoms with Crippen LogP contribution < -0.4 is 10.6 Å². The van der Waals surface area contributed by atoms with Gasteiger partial charge in [0, 0.05) is 17.9 Å². The van der Waals surface area contributed by atoms with Crippen molar-refractivity contribution in [2.45, 2.75) is 26.6 Å². The molecule has 0 saturated heterocycles. The van der Waals surface area contributed by atoms with Crippen molar-refractivity contribution in [1.82, 2.24) is 0 Å². The molecule has 0 atom stereocenters. The zero-order chi connectivity index (χ0) is 18.4. The van der Waals surface area contributed by atoms with Crippen LogP contribution in [0.25, 0.3) is 0 Å². The van der Waals surface area contributed by atoms with Crippen LogP contribution in [0.2, 0.25) is 0 Å². The summed E-state index contributed by atoms with van der Waals surface area (Å²) in [7, 11) is 0. The summed E-state index contributed by atoms with van der Waals surface area (Å²) in [6.45, 7) is 4.32. The van der Waals surface area contributed by atoms with Gasteiger partial charge >= 0.3 is 12.3 Å². The van der Waals surface area contributed by atoms with Crippen LogP contribution in [0.5, 0.6) is 0 Å². The van der Waals surface area contributed by atoms with Gasteiger partial charge in [0.15, 0.2) is 0 Å². The van der Waals surface area contributed by atoms with Crippen LogP contribution in [0.4, 0.5) is 29.3 Å². The number of hydrogen-bond donors (Lipinski definition) is 2. The summed E-state index contributed by atoms with van der Waals surface area (Å²) in [5.41, 5.74) is 2.37. The summed E-state index contributed by atoms with van der Waals surface area (Å²) in [6, 6.07) is 10.3. The second kappa shape index (κ2) is 7.92. The van der Waals surface area contributed by atoms with Crippen molar-refractivity contribution in [2.24, 2.45) is 0 Å². The summed E-state index contributed by atoms with van der Waals surface area (Å²) in [6.07, 6.45) is -4.85. The molecule has 0 bridgehead atoms. The molecule has 25 heavy (non-hydrogen) atoms. The minimum Gasteiger partial charge on any atom is -0.450 e. The number of rotatable bonds is 5. The maximum absolute atomic E-state index is 12.5. The summed E-state index contributed by atoms with van der Waals surface area (Å²) < 4.78 is 42.4. The van der Waals surface area contributed by atoms with Crippen LogP contribution in [0, 0.1) is 6.92 Å². The fourth-order valence-electron chi connectivity index (χ4n) is 2.23. The molecule has 0 radical (unpaired) electrons. The second-order valence-corrected chi connectivity index (χ2v) is 5.42. The van der Waals surface area contributed by atoms with Crippen LogP contribution in [0.15, 0.2) is 42.5 Å². The van der Waals surface area contributed by atoms with Crippen molar-refractivity contribution in [2.75, 3.05) is 17.2 Å². The molecule has 4 nitrogen and oxygen atoms in total. The molecule has 2 aromatic carbocycles. The number of ether oxygens (including phenoxy) is 1. The summed E-state index contributed by atoms with van der Waals surface area (Å²) in [4.78, 5) is 11.4. The standard InChI is InChI=1S/C18H19F3N2O2/c1-3-25-17(24)23-16-9-4-13(10-12(16)2)11-22-15-7-5-14(6-8-15)18(19,20)21/h4-10,22H,3,11H2,1-2H3,(H,23,24). The smallest absolute Gasteiger partial charge is 0.416 e. The average Bonchev–Trinajstić information content (AvgIpc) is 2.55. The lowest BCUT2D eigenvalue weighted by atomic mass is 10.1. The van der Waals surface area contributed by atoms with E-state index in [0.717, 1.165) is 23.3 Å². The average molecular weight is 352 g/mol. The van der Waals surface area contributed by atoms with Gasteiger partial charge in [0.2, 0.25) is 0 Å². The number of amides is 1. The predicted octanol–water partition coefficient (Wildman–Crippen LogP) is 5.19. The van der Waals surface area contributed by atoms with Crippen LogP contribution in [-0.2, 0) is 17.5 Å². The first-order chi connectivity index (χ1) is 11.8. The number of alkyl halides is 3. The van der Waals surface area contributed by atoms with Crippen LogP contribution in [-0.4, -0.2) is 12.7 Å². The maximum Gasteiger partial charge on any atom is 0.416 e. The summed E-state index contributed by atoms with van der Waals surface area (Å²) in [5, 5.41) is 5.71. The molecule has 2 N–H and O–H groups in total. The SMILES string of the molecule is CCOC(=O)Nc1ccc(CNc2ccc(C(F)(F)F)cc2)cc1C. The third-order valence-electron chi connectivity index (χ3n) is 3.51. The summed E-state index contributed by atoms with van der Waals surface area (Å²) >= 11 is 0. The quantitative estimate of drug-likeness (QED) is 0.778. The lowest BCUT2D eigenvalue weighted by molar-refractivity contribution is -0.137. The zero-order valence-electron chi connectivity index (χ0n) is 13.9. The minimum absolute atomic E-state index is 0.292. The Kier molecular flexibility index (Phi) is 5.90. The van der Waals surface area contributed by atoms with Gasteiger partial charge in [0.05, 0.1) is 12.2 Å². The van der Waals surface area contributed by atoms with Gasteiger partial charge in [-0.15, -0.1) is 0 Å². The van der Waals surface area contributed by atoms with Crippen LogP contribution in [0.1, 0.15) is 23.6 Å². The Morgan fingerprint density at radius 1 is 1.12 bits per heavy atom. The molecular weight excluding hydrogens is 333 g/mol. The Labute approximate surface area is 144 Å². The minimum atomic E-state index is -4.34. The first kappa shape index (κ1) is 18.6. The first-order valence-corrected chi connectivity index (χ1v) is 7.74. The molecule has 0 aliphatic rings. The summed E-state index contributed by atoms with van der Waals surface area (Å²) in [5.74, 6) is 0. The highest BCUT2D eigenvalue weighted by atomic mass is 19.4. The van der Waals surface area contributed by atoms with Crippen molar-refractivity contribution < 1.29 is 22.7 Å². The van der Waals surface area contributed by atoms with Gasteiger partial charge in [-0.1, -0.05) is 12.1 Å². The largest absolute Gasteiger partial charge is 0.450 e. The van der Waals surface area contributed by atoms with Gasteiger partial charge in [0.1, 0.15) is 0 Å². The Morgan fingerprint density at radius 3 is 2.36 bits per heavy atom. The molecule has 2 aromatic rings. The van der Waals surface area contributed by atoms with E-state index in [1.807, 2.05) is 19.1 Å². The van der Waals surface area contributed by atoms with E-state index < -0.39 is 17.8 Å². The second-order valence-electron chi connectivity index (χ2n) is 5.42. The highest BCUT2D eigenvalue weighted by Gasteiger charge is 2.29. The molecule has 0 spiro atoms. The van der Waals surface area contributed by atoms with Gasteiger partial charge < -0.3 is 10.1 Å². The van der Waals surface area contributed by atoms with E-state index in [2.05, 4.69) is 10.6 Å². The van der Waals surface area contributed by atoms with Gasteiger partial charge in [-0.25, -0.2) is 4.79 Å². The number of carbonyl (C=O) groups excluding carboxylic acids is 1. The van der Waals surface area contributed by atoms with Gasteiger partial charge in [-0.05, 0) is 55.3 Å². The number of benzene rings is 2. The molecule has 0 aliphatic carbocycles. The number of nitrogens with one attached hydrogen (secondary N) is 2. The van der Waals surface area contributed by atoms with Crippen molar-refractivity contribution in [3.05, 3.63) is 59.2 Å². The normalized spacial score (nSPS) is 11.1. The van der Waals surface area contributed by atoms with Gasteiger partial charge in [-0.2, -0.15) is 13.2 Å². The molecule has 0 fully saturated rings. The third kappa shape index (κ3) is 5.41. The molecule has 1 amide bonds. The number of halogens is 3. The van der Waals surface area contributed by atoms with E-state index in [1.165, 1.54) is 12.1 Å². The molecule has 7 heteroatoms. The lowest BCUT2D eigenvalue weighted by Crippen LogP contribution is -2.14. The molecule has 134 valence electrons. The van der Waals surface area contributed by atoms with E-state index in [-0.39, 0.29) is 0 Å². The monoisotopic (exact) mass is 352 g/mol. The van der Waals surface area contributed by atoms with E-state index in [9.17, 15) is 18.0 Å². The molecule has 0 unspecified atom stereocenters. The number of aryl methyl sites for hydroxylation is 1. The fourth-order valence-corrected chi connectivity index (χ4v) is 2.23. The molecular formula is C18H19F3N2O2. The molecule has 0 heterocycles. The molecule has 0 aromatic heterocycles. The van der Waals surface area contributed by atoms with Crippen LogP contribution in [0.3, 0.4) is 0 Å². The van der Waals surface area contributed by atoms with E-state index in [0.29, 0.717) is 24.5 Å². The lowest BCUT2D eigenvalue weighted by Gasteiger charge is -2.12. The Hall–Kier alpha value is -2.70. The third-order valence-corrected chi connectivity index (χ3v) is 3.51. The highest BCUT2D eigenvalue weighted by Crippen LogP contribution is 2.30. The predicted molar refractivity (Wildman–Crippen MR) is 90.6 cm³/mol. The van der Waals surface area contributed by atoms with Crippen molar-refractivity contribution >= 4 is 17.5 Å². The van der Waals surface area contributed by atoms with Crippen molar-refractivity contribution in [3.8, 4) is 0 Å². The maximum atomic E-state index is 12.5. The van der Waals surface area contributed by atoms with E-state index in [1.54, 1.807) is 13.0 Å². The van der Waals surface area contributed by atoms with Gasteiger partial charge in [0.25, 0.3) is 0 Å². The van der Waals surface area contributed by atoms with Gasteiger partial charge in [-0.3, -0.25) is 5.32 Å². The Balaban J connectivity index is 1.97. The van der Waals surface area contributed by atoms with E-state index in [4.69, 9.17) is 4.74 Å². The topological polar surface area (TPSA) is 50.4 Å². The van der Waals surface area contributed by atoms with Crippen molar-refractivity contribution in [1.29, 1.82) is 0 Å². The Bertz CT molecular complexity index is 728. The zero-order valence-corrected chi connectivity index (χ0v) is 13.9. The number of carbonyl (C=O) groups is 1. The molecule has 0 aliphatic heterocycles. The number of hydrogen-bond acceptors (Lipinski definition) is 3. The fraction of sp³-hybridized carbons (Fsp3) is 0.278. The number of anilines is 2. The van der Waals surface area contributed by atoms with Crippen molar-refractivity contribution in [3.63, 3.8) is 0 Å². The Morgan fingerprint density at radius 2 is 1.80 bits per heavy atom. The molecule has 0 saturated carbocycles. The molecule has 2 rings (SSSR count). The van der Waals surface area contributed by atoms with E-state index >= 15 is 0 Å². The highest BCUT2D eigenvalue weighted by molar-refractivity contribution is 5.85. The van der Waals surface area contributed by atoms with Crippen LogP contribution >= 0.6 is 0 Å².